The molecule has 7 nitrogen and oxygen atoms in total. The van der Waals surface area contributed by atoms with Gasteiger partial charge < -0.3 is 9.30 Å². The number of ether oxygens (including phenoxy) is 1. The summed E-state index contributed by atoms with van der Waals surface area (Å²) in [6.07, 6.45) is 1.54. The summed E-state index contributed by atoms with van der Waals surface area (Å²) >= 11 is 7.20. The lowest BCUT2D eigenvalue weighted by Gasteiger charge is -2.04. The van der Waals surface area contributed by atoms with Crippen LogP contribution in [-0.4, -0.2) is 39.7 Å². The number of rotatable bonds is 7. The van der Waals surface area contributed by atoms with Crippen molar-refractivity contribution in [3.05, 3.63) is 59.1 Å². The molecular weight excluding hydrogens is 398 g/mol. The number of para-hydroxylation sites is 1. The summed E-state index contributed by atoms with van der Waals surface area (Å²) < 4.78 is 7.07. The lowest BCUT2D eigenvalue weighted by Crippen LogP contribution is -2.20. The molecule has 144 valence electrons. The summed E-state index contributed by atoms with van der Waals surface area (Å²) in [7, 11) is 3.44. The zero-order valence-electron chi connectivity index (χ0n) is 15.3. The largest absolute Gasteiger partial charge is 0.496 e. The summed E-state index contributed by atoms with van der Waals surface area (Å²) in [4.78, 5) is 12.0. The molecule has 0 spiro atoms. The van der Waals surface area contributed by atoms with Gasteiger partial charge in [-0.3, -0.25) is 4.79 Å². The minimum absolute atomic E-state index is 0.163. The van der Waals surface area contributed by atoms with Crippen molar-refractivity contribution in [2.75, 3.05) is 12.9 Å². The maximum Gasteiger partial charge on any atom is 0.250 e. The molecule has 0 saturated carbocycles. The topological polar surface area (TPSA) is 81.4 Å². The van der Waals surface area contributed by atoms with Crippen LogP contribution in [0.15, 0.2) is 58.8 Å². The van der Waals surface area contributed by atoms with Crippen molar-refractivity contribution in [3.63, 3.8) is 0 Å². The number of carbonyl (C=O) groups is 1. The normalized spacial score (nSPS) is 11.0. The molecule has 0 aliphatic heterocycles. The molecule has 1 aromatic heterocycles. The number of hydrazone groups is 1. The van der Waals surface area contributed by atoms with Gasteiger partial charge in [0.2, 0.25) is 0 Å². The Morgan fingerprint density at radius 3 is 2.75 bits per heavy atom. The van der Waals surface area contributed by atoms with Gasteiger partial charge in [-0.2, -0.15) is 5.10 Å². The van der Waals surface area contributed by atoms with Crippen molar-refractivity contribution >= 4 is 35.5 Å². The van der Waals surface area contributed by atoms with E-state index in [-0.39, 0.29) is 11.7 Å². The Morgan fingerprint density at radius 2 is 2.00 bits per heavy atom. The lowest BCUT2D eigenvalue weighted by molar-refractivity contribution is -0.118. The molecule has 0 aliphatic rings. The quantitative estimate of drug-likeness (QED) is 0.363. The molecule has 0 aliphatic carbocycles. The highest BCUT2D eigenvalue weighted by molar-refractivity contribution is 7.99. The Balaban J connectivity index is 1.56. The van der Waals surface area contributed by atoms with Crippen LogP contribution in [0.5, 0.6) is 5.75 Å². The maximum atomic E-state index is 12.0. The van der Waals surface area contributed by atoms with Gasteiger partial charge in [-0.25, -0.2) is 5.43 Å². The number of amides is 1. The molecule has 0 saturated heterocycles. The summed E-state index contributed by atoms with van der Waals surface area (Å²) in [5, 5.41) is 13.6. The highest BCUT2D eigenvalue weighted by Crippen LogP contribution is 2.23. The first-order valence-electron chi connectivity index (χ1n) is 8.31. The summed E-state index contributed by atoms with van der Waals surface area (Å²) in [5.74, 6) is 1.31. The highest BCUT2D eigenvalue weighted by atomic mass is 35.5. The zero-order valence-corrected chi connectivity index (χ0v) is 16.9. The molecule has 9 heteroatoms. The fourth-order valence-corrected chi connectivity index (χ4v) is 3.23. The molecule has 0 radical (unpaired) electrons. The Labute approximate surface area is 171 Å². The molecule has 3 aromatic rings. The van der Waals surface area contributed by atoms with Crippen LogP contribution in [0.1, 0.15) is 5.56 Å². The van der Waals surface area contributed by atoms with Crippen molar-refractivity contribution in [1.29, 1.82) is 0 Å². The average molecular weight is 416 g/mol. The number of thioether (sulfide) groups is 1. The number of hydrogen-bond donors (Lipinski definition) is 1. The lowest BCUT2D eigenvalue weighted by atomic mass is 10.2. The van der Waals surface area contributed by atoms with Crippen molar-refractivity contribution in [3.8, 4) is 17.1 Å². The third-order valence-electron chi connectivity index (χ3n) is 3.80. The number of hydrogen-bond acceptors (Lipinski definition) is 6. The third kappa shape index (κ3) is 4.90. The van der Waals surface area contributed by atoms with Gasteiger partial charge in [0.15, 0.2) is 11.0 Å². The van der Waals surface area contributed by atoms with E-state index in [0.29, 0.717) is 21.8 Å². The van der Waals surface area contributed by atoms with E-state index >= 15 is 0 Å². The van der Waals surface area contributed by atoms with Crippen LogP contribution >= 0.6 is 23.4 Å². The van der Waals surface area contributed by atoms with E-state index in [1.165, 1.54) is 11.8 Å². The number of nitrogens with zero attached hydrogens (tertiary/aromatic N) is 4. The molecule has 3 rings (SSSR count). The molecule has 0 atom stereocenters. The first kappa shape index (κ1) is 19.9. The summed E-state index contributed by atoms with van der Waals surface area (Å²) in [5.41, 5.74) is 4.18. The number of aromatic nitrogens is 3. The molecule has 1 heterocycles. The van der Waals surface area contributed by atoms with E-state index in [2.05, 4.69) is 20.7 Å². The first-order valence-corrected chi connectivity index (χ1v) is 9.68. The fraction of sp³-hybridized carbons (Fsp3) is 0.158. The summed E-state index contributed by atoms with van der Waals surface area (Å²) in [6.45, 7) is 0. The van der Waals surface area contributed by atoms with Gasteiger partial charge in [0.1, 0.15) is 5.75 Å². The van der Waals surface area contributed by atoms with Crippen molar-refractivity contribution in [2.45, 2.75) is 5.16 Å². The Bertz CT molecular complexity index is 988. The predicted octanol–water partition coefficient (Wildman–Crippen LogP) is 3.39. The van der Waals surface area contributed by atoms with E-state index in [4.69, 9.17) is 16.3 Å². The van der Waals surface area contributed by atoms with Crippen molar-refractivity contribution in [1.82, 2.24) is 20.2 Å². The van der Waals surface area contributed by atoms with Crippen LogP contribution < -0.4 is 10.2 Å². The Hall–Kier alpha value is -2.84. The second-order valence-corrected chi connectivity index (χ2v) is 7.07. The second kappa shape index (κ2) is 9.38. The molecule has 0 bridgehead atoms. The molecule has 1 amide bonds. The van der Waals surface area contributed by atoms with Crippen LogP contribution in [0.25, 0.3) is 11.4 Å². The van der Waals surface area contributed by atoms with E-state index in [9.17, 15) is 4.79 Å². The standard InChI is InChI=1S/C19H18ClN5O2S/c1-25-18(13-7-9-15(20)10-8-13)23-24-19(25)28-12-17(26)22-21-11-14-5-3-4-6-16(14)27-2/h3-11H,12H2,1-2H3,(H,22,26). The van der Waals surface area contributed by atoms with Crippen LogP contribution in [-0.2, 0) is 11.8 Å². The number of benzene rings is 2. The van der Waals surface area contributed by atoms with Crippen molar-refractivity contribution in [2.24, 2.45) is 12.1 Å². The van der Waals surface area contributed by atoms with Gasteiger partial charge in [0, 0.05) is 23.2 Å². The molecular formula is C19H18ClN5O2S. The molecule has 1 N–H and O–H groups in total. The molecule has 2 aromatic carbocycles. The maximum absolute atomic E-state index is 12.0. The minimum Gasteiger partial charge on any atom is -0.496 e. The zero-order chi connectivity index (χ0) is 19.9. The van der Waals surface area contributed by atoms with Crippen molar-refractivity contribution < 1.29 is 9.53 Å². The molecule has 0 unspecified atom stereocenters. The van der Waals surface area contributed by atoms with E-state index in [1.54, 1.807) is 25.5 Å². The van der Waals surface area contributed by atoms with Crippen LogP contribution in [0.3, 0.4) is 0 Å². The van der Waals surface area contributed by atoms with Gasteiger partial charge in [0.25, 0.3) is 5.91 Å². The Morgan fingerprint density at radius 1 is 1.25 bits per heavy atom. The number of methoxy groups -OCH3 is 1. The predicted molar refractivity (Wildman–Crippen MR) is 111 cm³/mol. The van der Waals surface area contributed by atoms with Gasteiger partial charge in [-0.15, -0.1) is 10.2 Å². The molecule has 28 heavy (non-hydrogen) atoms. The molecule has 0 fully saturated rings. The summed E-state index contributed by atoms with van der Waals surface area (Å²) in [6, 6.07) is 14.8. The second-order valence-electron chi connectivity index (χ2n) is 5.70. The number of carbonyl (C=O) groups excluding carboxylic acids is 1. The van der Waals surface area contributed by atoms with Crippen LogP contribution in [0, 0.1) is 0 Å². The van der Waals surface area contributed by atoms with Crippen LogP contribution in [0.2, 0.25) is 5.02 Å². The fourth-order valence-electron chi connectivity index (χ4n) is 2.40. The van der Waals surface area contributed by atoms with E-state index in [0.717, 1.165) is 11.1 Å². The average Bonchev–Trinajstić information content (AvgIpc) is 3.08. The first-order chi connectivity index (χ1) is 13.6. The van der Waals surface area contributed by atoms with Gasteiger partial charge in [-0.1, -0.05) is 35.5 Å². The Kier molecular flexibility index (Phi) is 6.67. The van der Waals surface area contributed by atoms with Gasteiger partial charge in [-0.05, 0) is 36.4 Å². The SMILES string of the molecule is COc1ccccc1C=NNC(=O)CSc1nnc(-c2ccc(Cl)cc2)n1C. The van der Waals surface area contributed by atoms with E-state index in [1.807, 2.05) is 48.0 Å². The highest BCUT2D eigenvalue weighted by Gasteiger charge is 2.12. The van der Waals surface area contributed by atoms with E-state index < -0.39 is 0 Å². The smallest absolute Gasteiger partial charge is 0.250 e. The third-order valence-corrected chi connectivity index (χ3v) is 5.07. The van der Waals surface area contributed by atoms with Gasteiger partial charge >= 0.3 is 0 Å². The van der Waals surface area contributed by atoms with Gasteiger partial charge in [0.05, 0.1) is 19.1 Å². The monoisotopic (exact) mass is 415 g/mol. The number of halogens is 1. The van der Waals surface area contributed by atoms with Crippen LogP contribution in [0.4, 0.5) is 0 Å². The minimum atomic E-state index is -0.243. The number of nitrogens with one attached hydrogen (secondary N) is 1.